The molecule has 192 valence electrons. The van der Waals surface area contributed by atoms with Gasteiger partial charge in [-0.05, 0) is 44.2 Å². The molecule has 10 heteroatoms. The number of fused-ring (bicyclic) bond motifs is 1. The Hall–Kier alpha value is -3.14. The van der Waals surface area contributed by atoms with Crippen molar-refractivity contribution in [3.63, 3.8) is 0 Å². The average Bonchev–Trinajstić information content (AvgIpc) is 3.40. The number of aromatic amines is 1. The number of anilines is 1. The number of nitrogens with zero attached hydrogens (tertiary/aromatic N) is 6. The molecule has 2 fully saturated rings. The number of pyridine rings is 2. The first kappa shape index (κ1) is 24.2. The number of H-pyrrole nitrogens is 1. The van der Waals surface area contributed by atoms with E-state index in [0.29, 0.717) is 23.0 Å². The smallest absolute Gasteiger partial charge is 0.144 e. The minimum Gasteiger partial charge on any atom is -0.370 e. The van der Waals surface area contributed by atoms with Crippen molar-refractivity contribution in [1.29, 1.82) is 0 Å². The third-order valence-electron chi connectivity index (χ3n) is 7.59. The summed E-state index contributed by atoms with van der Waals surface area (Å²) in [6.45, 7) is 6.55. The van der Waals surface area contributed by atoms with Crippen molar-refractivity contribution in [2.75, 3.05) is 51.2 Å². The van der Waals surface area contributed by atoms with E-state index in [1.165, 1.54) is 6.07 Å². The highest BCUT2D eigenvalue weighted by atomic mass is 35.5. The van der Waals surface area contributed by atoms with E-state index in [-0.39, 0.29) is 10.6 Å². The van der Waals surface area contributed by atoms with Gasteiger partial charge in [0, 0.05) is 68.7 Å². The van der Waals surface area contributed by atoms with Crippen LogP contribution in [0.5, 0.6) is 0 Å². The fraction of sp³-hybridized carbons (Fsp3) is 0.370. The van der Waals surface area contributed by atoms with Gasteiger partial charge in [-0.15, -0.1) is 0 Å². The highest BCUT2D eigenvalue weighted by molar-refractivity contribution is 6.31. The molecule has 1 aromatic carbocycles. The van der Waals surface area contributed by atoms with Crippen molar-refractivity contribution in [2.24, 2.45) is 0 Å². The van der Waals surface area contributed by atoms with E-state index in [9.17, 15) is 8.78 Å². The lowest BCUT2D eigenvalue weighted by atomic mass is 10.0. The molecule has 37 heavy (non-hydrogen) atoms. The largest absolute Gasteiger partial charge is 0.370 e. The van der Waals surface area contributed by atoms with E-state index < -0.39 is 11.6 Å². The molecule has 0 bridgehead atoms. The first-order valence-electron chi connectivity index (χ1n) is 12.6. The van der Waals surface area contributed by atoms with Gasteiger partial charge in [0.15, 0.2) is 0 Å². The molecule has 0 spiro atoms. The van der Waals surface area contributed by atoms with Gasteiger partial charge in [0.1, 0.15) is 17.3 Å². The van der Waals surface area contributed by atoms with Gasteiger partial charge < -0.3 is 9.80 Å². The van der Waals surface area contributed by atoms with E-state index in [4.69, 9.17) is 16.6 Å². The molecule has 1 N–H and O–H groups in total. The van der Waals surface area contributed by atoms with E-state index in [2.05, 4.69) is 43.0 Å². The molecule has 2 aliphatic heterocycles. The van der Waals surface area contributed by atoms with E-state index in [1.54, 1.807) is 6.20 Å². The van der Waals surface area contributed by atoms with Crippen LogP contribution in [0, 0.1) is 11.6 Å². The number of benzene rings is 1. The molecule has 5 heterocycles. The molecule has 0 saturated carbocycles. The molecule has 7 nitrogen and oxygen atoms in total. The molecular formula is C27H28ClF2N7. The lowest BCUT2D eigenvalue weighted by Gasteiger charge is -2.42. The highest BCUT2D eigenvalue weighted by Gasteiger charge is 2.27. The van der Waals surface area contributed by atoms with Crippen molar-refractivity contribution in [3.8, 4) is 22.5 Å². The van der Waals surface area contributed by atoms with E-state index >= 15 is 0 Å². The molecular weight excluding hydrogens is 496 g/mol. The molecule has 0 atom stereocenters. The summed E-state index contributed by atoms with van der Waals surface area (Å²) in [7, 11) is 2.19. The summed E-state index contributed by atoms with van der Waals surface area (Å²) in [5.74, 6) is -1.55. The molecule has 3 aromatic heterocycles. The lowest BCUT2D eigenvalue weighted by Crippen LogP contribution is -2.52. The van der Waals surface area contributed by atoms with Crippen LogP contribution in [0.15, 0.2) is 42.7 Å². The van der Waals surface area contributed by atoms with E-state index in [0.717, 1.165) is 74.9 Å². The van der Waals surface area contributed by atoms with Crippen LogP contribution in [-0.2, 0) is 0 Å². The quantitative estimate of drug-likeness (QED) is 0.386. The van der Waals surface area contributed by atoms with Gasteiger partial charge >= 0.3 is 0 Å². The Morgan fingerprint density at radius 3 is 2.49 bits per heavy atom. The Kier molecular flexibility index (Phi) is 6.52. The number of aromatic nitrogens is 4. The number of hydrogen-bond acceptors (Lipinski definition) is 6. The summed E-state index contributed by atoms with van der Waals surface area (Å²) in [4.78, 5) is 16.9. The van der Waals surface area contributed by atoms with Gasteiger partial charge in [0.05, 0.1) is 33.6 Å². The SMILES string of the molecule is CN1CCN(C2CCN(c3cnc4ccc(-c5c[nH]nc5-c5cc(Cl)c(F)cc5F)nc4c3)CC2)CC1. The third-order valence-corrected chi connectivity index (χ3v) is 7.88. The summed E-state index contributed by atoms with van der Waals surface area (Å²) in [5, 5.41) is 6.81. The van der Waals surface area contributed by atoms with Gasteiger partial charge in [-0.3, -0.25) is 15.0 Å². The van der Waals surface area contributed by atoms with Gasteiger partial charge in [0.25, 0.3) is 0 Å². The molecule has 0 amide bonds. The van der Waals surface area contributed by atoms with Crippen LogP contribution in [0.2, 0.25) is 5.02 Å². The molecule has 2 aliphatic rings. The van der Waals surface area contributed by atoms with Crippen LogP contribution in [0.3, 0.4) is 0 Å². The molecule has 2 saturated heterocycles. The van der Waals surface area contributed by atoms with Crippen LogP contribution in [0.4, 0.5) is 14.5 Å². The number of hydrogen-bond donors (Lipinski definition) is 1. The van der Waals surface area contributed by atoms with Crippen LogP contribution in [0.1, 0.15) is 12.8 Å². The zero-order valence-corrected chi connectivity index (χ0v) is 21.3. The number of halogens is 3. The van der Waals surface area contributed by atoms with Gasteiger partial charge in [0.2, 0.25) is 0 Å². The summed E-state index contributed by atoms with van der Waals surface area (Å²) in [6, 6.07) is 8.45. The fourth-order valence-electron chi connectivity index (χ4n) is 5.39. The first-order valence-corrected chi connectivity index (χ1v) is 13.0. The van der Waals surface area contributed by atoms with Crippen LogP contribution in [0.25, 0.3) is 33.5 Å². The van der Waals surface area contributed by atoms with Crippen molar-refractivity contribution < 1.29 is 8.78 Å². The number of nitrogens with one attached hydrogen (secondary N) is 1. The topological polar surface area (TPSA) is 64.2 Å². The maximum absolute atomic E-state index is 14.6. The number of likely N-dealkylation sites (N-methyl/N-ethyl adjacent to an activating group) is 1. The average molecular weight is 524 g/mol. The predicted molar refractivity (Wildman–Crippen MR) is 142 cm³/mol. The highest BCUT2D eigenvalue weighted by Crippen LogP contribution is 2.34. The van der Waals surface area contributed by atoms with Gasteiger partial charge in [-0.25, -0.2) is 13.8 Å². The summed E-state index contributed by atoms with van der Waals surface area (Å²) in [5.41, 5.74) is 4.23. The molecule has 4 aromatic rings. The number of piperazine rings is 1. The standard InChI is InChI=1S/C27H28ClF2N7/c1-35-8-10-37(11-9-35)17-4-6-36(7-5-17)18-12-26-25(31-15-18)3-2-24(33-26)20-16-32-34-27(20)19-13-21(28)23(30)14-22(19)29/h2-3,12-17H,4-11H2,1H3,(H,32,34). The van der Waals surface area contributed by atoms with Crippen LogP contribution in [-0.4, -0.2) is 82.3 Å². The Morgan fingerprint density at radius 1 is 0.919 bits per heavy atom. The minimum absolute atomic E-state index is 0.111. The first-order chi connectivity index (χ1) is 18.0. The Morgan fingerprint density at radius 2 is 1.70 bits per heavy atom. The van der Waals surface area contributed by atoms with Crippen molar-refractivity contribution >= 4 is 28.3 Å². The second-order valence-electron chi connectivity index (χ2n) is 9.88. The Bertz CT molecular complexity index is 1430. The van der Waals surface area contributed by atoms with E-state index in [1.807, 2.05) is 18.3 Å². The van der Waals surface area contributed by atoms with Crippen LogP contribution < -0.4 is 4.90 Å². The zero-order chi connectivity index (χ0) is 25.5. The summed E-state index contributed by atoms with van der Waals surface area (Å²) < 4.78 is 28.3. The second kappa shape index (κ2) is 9.96. The summed E-state index contributed by atoms with van der Waals surface area (Å²) >= 11 is 5.92. The maximum atomic E-state index is 14.6. The normalized spacial score (nSPS) is 18.1. The zero-order valence-electron chi connectivity index (χ0n) is 20.6. The lowest BCUT2D eigenvalue weighted by molar-refractivity contribution is 0.0982. The predicted octanol–water partition coefficient (Wildman–Crippen LogP) is 4.83. The number of piperidine rings is 1. The molecule has 0 unspecified atom stereocenters. The molecule has 0 radical (unpaired) electrons. The van der Waals surface area contributed by atoms with Gasteiger partial charge in [-0.2, -0.15) is 5.10 Å². The Balaban J connectivity index is 1.24. The number of rotatable bonds is 4. The monoisotopic (exact) mass is 523 g/mol. The third kappa shape index (κ3) is 4.79. The van der Waals surface area contributed by atoms with Crippen molar-refractivity contribution in [2.45, 2.75) is 18.9 Å². The Labute approximate surface area is 219 Å². The van der Waals surface area contributed by atoms with Crippen molar-refractivity contribution in [3.05, 3.63) is 59.4 Å². The van der Waals surface area contributed by atoms with Crippen LogP contribution >= 0.6 is 11.6 Å². The fourth-order valence-corrected chi connectivity index (χ4v) is 5.55. The maximum Gasteiger partial charge on any atom is 0.144 e. The molecule has 6 rings (SSSR count). The minimum atomic E-state index is -0.810. The van der Waals surface area contributed by atoms with Gasteiger partial charge in [-0.1, -0.05) is 11.6 Å². The van der Waals surface area contributed by atoms with Crippen molar-refractivity contribution in [1.82, 2.24) is 30.0 Å². The second-order valence-corrected chi connectivity index (χ2v) is 10.3. The molecule has 0 aliphatic carbocycles. The summed E-state index contributed by atoms with van der Waals surface area (Å²) in [6.07, 6.45) is 5.85.